The summed E-state index contributed by atoms with van der Waals surface area (Å²) in [5.74, 6) is 0. The number of nitrogens with zero attached hydrogens (tertiary/aromatic N) is 1. The van der Waals surface area contributed by atoms with Gasteiger partial charge >= 0.3 is 0 Å². The third kappa shape index (κ3) is 2.98. The van der Waals surface area contributed by atoms with E-state index < -0.39 is 0 Å². The Kier molecular flexibility index (Phi) is 3.92. The summed E-state index contributed by atoms with van der Waals surface area (Å²) in [7, 11) is 2.26. The van der Waals surface area contributed by atoms with Crippen molar-refractivity contribution in [1.29, 1.82) is 0 Å². The first-order valence-corrected chi connectivity index (χ1v) is 9.24. The molecule has 0 saturated carbocycles. The van der Waals surface area contributed by atoms with Crippen LogP contribution in [0.25, 0.3) is 10.8 Å². The highest BCUT2D eigenvalue weighted by Crippen LogP contribution is 2.40. The van der Waals surface area contributed by atoms with Gasteiger partial charge in [-0.15, -0.1) is 0 Å². The predicted octanol–water partition coefficient (Wildman–Crippen LogP) is 5.87. The zero-order valence-electron chi connectivity index (χ0n) is 15.7. The van der Waals surface area contributed by atoms with Crippen LogP contribution in [0, 0.1) is 0 Å². The van der Waals surface area contributed by atoms with E-state index in [1.807, 2.05) is 0 Å². The van der Waals surface area contributed by atoms with E-state index in [1.54, 1.807) is 0 Å². The molecule has 0 spiro atoms. The van der Waals surface area contributed by atoms with Gasteiger partial charge in [-0.3, -0.25) is 4.90 Å². The van der Waals surface area contributed by atoms with Gasteiger partial charge in [-0.1, -0.05) is 81.4 Å². The monoisotopic (exact) mass is 329 g/mol. The van der Waals surface area contributed by atoms with Gasteiger partial charge in [-0.25, -0.2) is 0 Å². The minimum absolute atomic E-state index is 0.215. The molecule has 0 aromatic heterocycles. The van der Waals surface area contributed by atoms with Crippen LogP contribution < -0.4 is 0 Å². The van der Waals surface area contributed by atoms with Crippen molar-refractivity contribution in [3.63, 3.8) is 0 Å². The normalized spacial score (nSPS) is 16.8. The third-order valence-corrected chi connectivity index (χ3v) is 5.58. The summed E-state index contributed by atoms with van der Waals surface area (Å²) in [6.07, 6.45) is 1.12. The Morgan fingerprint density at radius 3 is 2.28 bits per heavy atom. The molecule has 0 aliphatic heterocycles. The lowest BCUT2D eigenvalue weighted by Crippen LogP contribution is -2.24. The highest BCUT2D eigenvalue weighted by molar-refractivity contribution is 5.91. The van der Waals surface area contributed by atoms with E-state index in [0.29, 0.717) is 6.04 Å². The SMILES string of the molecule is CN(Cc1ccc(C(C)(C)C)cc1)C1Cc2cccc3cccc1c23. The number of hydrogen-bond acceptors (Lipinski definition) is 1. The van der Waals surface area contributed by atoms with Crippen LogP contribution in [0.1, 0.15) is 49.1 Å². The zero-order valence-corrected chi connectivity index (χ0v) is 15.7. The molecule has 1 atom stereocenters. The molecule has 3 aromatic carbocycles. The van der Waals surface area contributed by atoms with Crippen molar-refractivity contribution in [1.82, 2.24) is 4.90 Å². The molecule has 0 heterocycles. The lowest BCUT2D eigenvalue weighted by Gasteiger charge is -2.26. The first-order chi connectivity index (χ1) is 11.9. The Morgan fingerprint density at radius 1 is 0.920 bits per heavy atom. The summed E-state index contributed by atoms with van der Waals surface area (Å²) >= 11 is 0. The smallest absolute Gasteiger partial charge is 0.0395 e. The van der Waals surface area contributed by atoms with Gasteiger partial charge in [-0.2, -0.15) is 0 Å². The van der Waals surface area contributed by atoms with Crippen molar-refractivity contribution in [2.45, 2.75) is 45.2 Å². The summed E-state index contributed by atoms with van der Waals surface area (Å²) in [4.78, 5) is 2.50. The van der Waals surface area contributed by atoms with Gasteiger partial charge in [0.1, 0.15) is 0 Å². The molecule has 4 rings (SSSR count). The Labute approximate surface area is 151 Å². The first kappa shape index (κ1) is 16.4. The summed E-state index contributed by atoms with van der Waals surface area (Å²) in [5, 5.41) is 2.85. The lowest BCUT2D eigenvalue weighted by molar-refractivity contribution is 0.241. The van der Waals surface area contributed by atoms with Crippen molar-refractivity contribution in [3.05, 3.63) is 82.9 Å². The van der Waals surface area contributed by atoms with E-state index in [2.05, 4.69) is 93.4 Å². The van der Waals surface area contributed by atoms with Crippen LogP contribution in [0.4, 0.5) is 0 Å². The second-order valence-corrected chi connectivity index (χ2v) is 8.44. The van der Waals surface area contributed by atoms with Gasteiger partial charge in [0, 0.05) is 12.6 Å². The molecular weight excluding hydrogens is 302 g/mol. The van der Waals surface area contributed by atoms with Gasteiger partial charge < -0.3 is 0 Å². The topological polar surface area (TPSA) is 3.24 Å². The van der Waals surface area contributed by atoms with Crippen molar-refractivity contribution < 1.29 is 0 Å². The van der Waals surface area contributed by atoms with Crippen LogP contribution in [0.15, 0.2) is 60.7 Å². The van der Waals surface area contributed by atoms with E-state index in [9.17, 15) is 0 Å². The fourth-order valence-electron chi connectivity index (χ4n) is 4.12. The first-order valence-electron chi connectivity index (χ1n) is 9.24. The number of benzene rings is 3. The molecule has 3 aromatic rings. The molecule has 1 heteroatoms. The molecule has 0 amide bonds. The molecular formula is C24H27N. The molecule has 1 unspecified atom stereocenters. The number of hydrogen-bond donors (Lipinski definition) is 0. The van der Waals surface area contributed by atoms with Gasteiger partial charge in [-0.05, 0) is 51.9 Å². The quantitative estimate of drug-likeness (QED) is 0.581. The number of rotatable bonds is 3. The molecule has 0 bridgehead atoms. The second-order valence-electron chi connectivity index (χ2n) is 8.44. The molecule has 0 fully saturated rings. The van der Waals surface area contributed by atoms with Crippen LogP contribution in [-0.2, 0) is 18.4 Å². The molecule has 128 valence electrons. The zero-order chi connectivity index (χ0) is 17.6. The maximum absolute atomic E-state index is 2.50. The summed E-state index contributed by atoms with van der Waals surface area (Å²) < 4.78 is 0. The molecule has 0 radical (unpaired) electrons. The Balaban J connectivity index is 1.57. The van der Waals surface area contributed by atoms with E-state index in [0.717, 1.165) is 13.0 Å². The fourth-order valence-corrected chi connectivity index (χ4v) is 4.12. The maximum Gasteiger partial charge on any atom is 0.0395 e. The summed E-state index contributed by atoms with van der Waals surface area (Å²) in [5.41, 5.74) is 5.98. The van der Waals surface area contributed by atoms with Crippen molar-refractivity contribution in [2.75, 3.05) is 7.05 Å². The molecule has 1 nitrogen and oxygen atoms in total. The van der Waals surface area contributed by atoms with Crippen LogP contribution in [-0.4, -0.2) is 11.9 Å². The summed E-state index contributed by atoms with van der Waals surface area (Å²) in [6.45, 7) is 7.79. The molecule has 1 aliphatic carbocycles. The molecule has 0 N–H and O–H groups in total. The van der Waals surface area contributed by atoms with Gasteiger partial charge in [0.05, 0.1) is 0 Å². The van der Waals surface area contributed by atoms with E-state index >= 15 is 0 Å². The Bertz CT molecular complexity index is 894. The Morgan fingerprint density at radius 2 is 1.60 bits per heavy atom. The lowest BCUT2D eigenvalue weighted by atomic mass is 9.86. The predicted molar refractivity (Wildman–Crippen MR) is 107 cm³/mol. The third-order valence-electron chi connectivity index (χ3n) is 5.58. The minimum atomic E-state index is 0.215. The molecule has 1 aliphatic rings. The highest BCUT2D eigenvalue weighted by Gasteiger charge is 2.27. The van der Waals surface area contributed by atoms with Crippen molar-refractivity contribution in [2.24, 2.45) is 0 Å². The highest BCUT2D eigenvalue weighted by atomic mass is 15.1. The standard InChI is InChI=1S/C24H27N/c1-24(2,3)20-13-11-17(12-14-20)16-25(4)22-15-19-9-5-7-18-8-6-10-21(22)23(18)19/h5-14,22H,15-16H2,1-4H3. The van der Waals surface area contributed by atoms with E-state index in [1.165, 1.54) is 33.0 Å². The van der Waals surface area contributed by atoms with Crippen molar-refractivity contribution in [3.8, 4) is 0 Å². The minimum Gasteiger partial charge on any atom is -0.295 e. The summed E-state index contributed by atoms with van der Waals surface area (Å²) in [6, 6.07) is 23.1. The van der Waals surface area contributed by atoms with E-state index in [-0.39, 0.29) is 5.41 Å². The van der Waals surface area contributed by atoms with Crippen molar-refractivity contribution >= 4 is 10.8 Å². The van der Waals surface area contributed by atoms with Gasteiger partial charge in [0.2, 0.25) is 0 Å². The van der Waals surface area contributed by atoms with Gasteiger partial charge in [0.15, 0.2) is 0 Å². The molecule has 0 saturated heterocycles. The Hall–Kier alpha value is -2.12. The van der Waals surface area contributed by atoms with Crippen LogP contribution >= 0.6 is 0 Å². The molecule has 25 heavy (non-hydrogen) atoms. The van der Waals surface area contributed by atoms with Crippen LogP contribution in [0.2, 0.25) is 0 Å². The maximum atomic E-state index is 2.50. The number of likely N-dealkylation sites (N-methyl/N-ethyl adjacent to an activating group) is 1. The average Bonchev–Trinajstić information content (AvgIpc) is 2.96. The fraction of sp³-hybridized carbons (Fsp3) is 0.333. The second kappa shape index (κ2) is 6.00. The largest absolute Gasteiger partial charge is 0.295 e. The average molecular weight is 329 g/mol. The van der Waals surface area contributed by atoms with Crippen LogP contribution in [0.3, 0.4) is 0 Å². The van der Waals surface area contributed by atoms with E-state index in [4.69, 9.17) is 0 Å². The van der Waals surface area contributed by atoms with Crippen LogP contribution in [0.5, 0.6) is 0 Å². The van der Waals surface area contributed by atoms with Gasteiger partial charge in [0.25, 0.3) is 0 Å².